The summed E-state index contributed by atoms with van der Waals surface area (Å²) in [6, 6.07) is 0. The van der Waals surface area contributed by atoms with E-state index in [9.17, 15) is 0 Å². The summed E-state index contributed by atoms with van der Waals surface area (Å²) < 4.78 is 0. The molecular weight excluding hydrogens is 414 g/mol. The van der Waals surface area contributed by atoms with Crippen molar-refractivity contribution in [1.82, 2.24) is 0 Å². The van der Waals surface area contributed by atoms with Crippen LogP contribution in [0.1, 0.15) is 0 Å². The van der Waals surface area contributed by atoms with Crippen molar-refractivity contribution in [2.45, 2.75) is 0 Å². The average molecular weight is 417 g/mol. The maximum Gasteiger partial charge on any atom is 0.0814 e. The summed E-state index contributed by atoms with van der Waals surface area (Å²) in [5.74, 6) is 0. The molecule has 0 amide bonds. The van der Waals surface area contributed by atoms with Crippen LogP contribution in [0.15, 0.2) is 0 Å². The van der Waals surface area contributed by atoms with E-state index < -0.39 is 0 Å². The summed E-state index contributed by atoms with van der Waals surface area (Å²) in [5.41, 5.74) is 0. The molecule has 0 nitrogen and oxygen atoms in total. The van der Waals surface area contributed by atoms with Gasteiger partial charge in [-0.2, -0.15) is 0 Å². The maximum absolute atomic E-state index is 0. The van der Waals surface area contributed by atoms with Gasteiger partial charge in [-0.05, 0) is 0 Å². The van der Waals surface area contributed by atoms with E-state index in [1.165, 1.54) is 0 Å². The maximum atomic E-state index is 0. The van der Waals surface area contributed by atoms with Crippen LogP contribution in [-0.2, 0) is 75.0 Å². The van der Waals surface area contributed by atoms with Crippen molar-refractivity contribution < 1.29 is 75.0 Å². The predicted octanol–water partition coefficient (Wildman–Crippen LogP) is -1.19. The van der Waals surface area contributed by atoms with Crippen molar-refractivity contribution in [2.75, 3.05) is 0 Å². The summed E-state index contributed by atoms with van der Waals surface area (Å²) >= 11 is 0. The molecule has 0 N–H and O–H groups in total. The van der Waals surface area contributed by atoms with Gasteiger partial charge in [-0.15, -0.1) is 0 Å². The second-order valence-corrected chi connectivity index (χ2v) is 0. The Balaban J connectivity index is 0. The van der Waals surface area contributed by atoms with Gasteiger partial charge in [0.15, 0.2) is 0 Å². The Bertz CT molecular complexity index is 11.6. The van der Waals surface area contributed by atoms with E-state index in [0.717, 1.165) is 0 Å². The van der Waals surface area contributed by atoms with E-state index >= 15 is 0 Å². The number of hydrogen-bond acceptors (Lipinski definition) is 0. The minimum atomic E-state index is 0. The van der Waals surface area contributed by atoms with Gasteiger partial charge in [-0.3, -0.25) is 0 Å². The van der Waals surface area contributed by atoms with Gasteiger partial charge in [0.1, 0.15) is 0 Å². The van der Waals surface area contributed by atoms with E-state index in [-0.39, 0.29) is 83.4 Å². The van der Waals surface area contributed by atoms with Crippen LogP contribution in [0, 0.1) is 0 Å². The molecule has 0 aromatic rings. The van der Waals surface area contributed by atoms with E-state index in [4.69, 9.17) is 0 Å². The fourth-order valence-corrected chi connectivity index (χ4v) is 0. The summed E-state index contributed by atoms with van der Waals surface area (Å²) in [6.45, 7) is 0. The molecule has 0 aliphatic heterocycles. The van der Waals surface area contributed by atoms with E-state index in [1.54, 1.807) is 0 Å². The molecule has 0 bridgehead atoms. The Labute approximate surface area is 82.4 Å². The molecule has 0 unspecified atom stereocenters. The van der Waals surface area contributed by atoms with Crippen LogP contribution in [0.2, 0.25) is 0 Å². The summed E-state index contributed by atoms with van der Waals surface area (Å²) in [4.78, 5) is 0. The number of rotatable bonds is 0. The Hall–Kier alpha value is 2.43. The molecule has 0 saturated carbocycles. The van der Waals surface area contributed by atoms with Crippen LogP contribution in [0.3, 0.4) is 0 Å². The standard InChI is InChI=1S/BH3.Co.Cr.Pd.Re/h1H3;;;;. The van der Waals surface area contributed by atoms with Gasteiger partial charge in [-0.25, -0.2) is 0 Å². The van der Waals surface area contributed by atoms with Crippen LogP contribution >= 0.6 is 0 Å². The van der Waals surface area contributed by atoms with E-state index in [1.807, 2.05) is 0 Å². The van der Waals surface area contributed by atoms with Crippen LogP contribution in [0.4, 0.5) is 0 Å². The second-order valence-electron chi connectivity index (χ2n) is 0. The molecule has 0 spiro atoms. The largest absolute Gasteiger partial charge is 0.0814 e. The molecule has 0 aliphatic carbocycles. The Morgan fingerprint density at radius 1 is 1.00 bits per heavy atom. The molecule has 0 aromatic heterocycles. The first-order valence-electron chi connectivity index (χ1n) is 0. The van der Waals surface area contributed by atoms with Crippen molar-refractivity contribution in [1.29, 1.82) is 0 Å². The van der Waals surface area contributed by atoms with Gasteiger partial charge in [0, 0.05) is 75.0 Å². The molecular formula is H3BCoCrPdRe. The van der Waals surface area contributed by atoms with Gasteiger partial charge < -0.3 is 0 Å². The smallest absolute Gasteiger partial charge is 0 e. The molecule has 2 radical (unpaired) electrons. The fourth-order valence-electron chi connectivity index (χ4n) is 0. The Morgan fingerprint density at radius 2 is 1.00 bits per heavy atom. The first-order valence-corrected chi connectivity index (χ1v) is 0. The van der Waals surface area contributed by atoms with Gasteiger partial charge >= 0.3 is 0 Å². The molecule has 38 valence electrons. The quantitative estimate of drug-likeness (QED) is 0.435. The van der Waals surface area contributed by atoms with Gasteiger partial charge in [0.25, 0.3) is 0 Å². The summed E-state index contributed by atoms with van der Waals surface area (Å²) in [5, 5.41) is 0. The average Bonchev–Trinajstić information content (AvgIpc) is 0. The topological polar surface area (TPSA) is 0 Å². The van der Waals surface area contributed by atoms with Crippen molar-refractivity contribution in [3.8, 4) is 0 Å². The SMILES string of the molecule is B.[Co].[Cr].[Pd].[Re]. The third-order valence-electron chi connectivity index (χ3n) is 0. The van der Waals surface area contributed by atoms with Gasteiger partial charge in [0.2, 0.25) is 0 Å². The third kappa shape index (κ3) is 21.4. The number of hydrogen-bond donors (Lipinski definition) is 0. The van der Waals surface area contributed by atoms with Crippen molar-refractivity contribution in [2.24, 2.45) is 0 Å². The molecule has 0 atom stereocenters. The third-order valence-corrected chi connectivity index (χ3v) is 0. The van der Waals surface area contributed by atoms with Crippen LogP contribution < -0.4 is 0 Å². The normalized spacial score (nSPS) is 0. The van der Waals surface area contributed by atoms with Crippen LogP contribution in [-0.4, -0.2) is 8.41 Å². The fraction of sp³-hybridized carbons (Fsp3) is 0. The zero-order chi connectivity index (χ0) is 0. The second kappa shape index (κ2) is 32.1. The van der Waals surface area contributed by atoms with Gasteiger partial charge in [0.05, 0.1) is 8.41 Å². The summed E-state index contributed by atoms with van der Waals surface area (Å²) in [7, 11) is 0. The first-order chi connectivity index (χ1) is 0. The minimum absolute atomic E-state index is 0. The monoisotopic (exact) mass is 418 g/mol. The Morgan fingerprint density at radius 3 is 1.00 bits per heavy atom. The van der Waals surface area contributed by atoms with Gasteiger partial charge in [-0.1, -0.05) is 0 Å². The van der Waals surface area contributed by atoms with E-state index in [2.05, 4.69) is 0 Å². The van der Waals surface area contributed by atoms with Crippen molar-refractivity contribution >= 4 is 8.41 Å². The molecule has 5 heteroatoms. The molecule has 0 aromatic carbocycles. The zero-order valence-electron chi connectivity index (χ0n) is 1.44. The minimum Gasteiger partial charge on any atom is 0 e. The molecule has 0 rings (SSSR count). The van der Waals surface area contributed by atoms with Crippen LogP contribution in [0.5, 0.6) is 0 Å². The molecule has 0 aliphatic rings. The first kappa shape index (κ1) is 52.1. The molecule has 5 heavy (non-hydrogen) atoms. The summed E-state index contributed by atoms with van der Waals surface area (Å²) in [6.07, 6.45) is 0. The van der Waals surface area contributed by atoms with Crippen molar-refractivity contribution in [3.63, 3.8) is 0 Å². The Kier molecular flexibility index (Phi) is 334. The molecule has 0 fully saturated rings. The van der Waals surface area contributed by atoms with Crippen molar-refractivity contribution in [3.05, 3.63) is 0 Å². The predicted molar refractivity (Wildman–Crippen MR) is 9.94 cm³/mol. The van der Waals surface area contributed by atoms with E-state index in [0.29, 0.717) is 0 Å². The zero-order valence-corrected chi connectivity index (χ0v) is 8.02. The molecule has 0 heterocycles. The van der Waals surface area contributed by atoms with Crippen LogP contribution in [0.25, 0.3) is 0 Å². The molecule has 0 saturated heterocycles.